The smallest absolute Gasteiger partial charge is 0.123 e. The number of hydrogen-bond acceptors (Lipinski definition) is 1. The Bertz CT molecular complexity index is 318. The molecule has 1 aromatic carbocycles. The first-order valence-electron chi connectivity index (χ1n) is 5.30. The van der Waals surface area contributed by atoms with Crippen LogP contribution in [0.3, 0.4) is 0 Å². The summed E-state index contributed by atoms with van der Waals surface area (Å²) in [6.45, 7) is 3.91. The molecule has 1 fully saturated rings. The molecule has 1 aromatic rings. The standard InChI is InChI=1S/C12H16FN/c1-2-14-8-10-5-6-11(13)7-12(10)9-3-4-9/h5-7,9,14H,2-4,8H2,1H3. The minimum atomic E-state index is -0.104. The molecular formula is C12H16FN. The molecule has 0 aliphatic heterocycles. The van der Waals surface area contributed by atoms with Crippen molar-refractivity contribution in [2.75, 3.05) is 6.54 Å². The van der Waals surface area contributed by atoms with E-state index in [-0.39, 0.29) is 5.82 Å². The van der Waals surface area contributed by atoms with Crippen molar-refractivity contribution in [3.05, 3.63) is 35.1 Å². The van der Waals surface area contributed by atoms with E-state index in [4.69, 9.17) is 0 Å². The number of hydrogen-bond donors (Lipinski definition) is 1. The second-order valence-corrected chi connectivity index (χ2v) is 3.90. The molecule has 1 N–H and O–H groups in total. The Hall–Kier alpha value is -0.890. The zero-order chi connectivity index (χ0) is 9.97. The molecule has 0 radical (unpaired) electrons. The van der Waals surface area contributed by atoms with Gasteiger partial charge in [-0.25, -0.2) is 4.39 Å². The fourth-order valence-corrected chi connectivity index (χ4v) is 1.76. The van der Waals surface area contributed by atoms with Crippen LogP contribution in [0.1, 0.15) is 36.8 Å². The normalized spacial score (nSPS) is 15.9. The summed E-state index contributed by atoms with van der Waals surface area (Å²) in [6.07, 6.45) is 2.45. The number of rotatable bonds is 4. The summed E-state index contributed by atoms with van der Waals surface area (Å²) in [7, 11) is 0. The van der Waals surface area contributed by atoms with Crippen LogP contribution < -0.4 is 5.32 Å². The van der Waals surface area contributed by atoms with Crippen LogP contribution >= 0.6 is 0 Å². The quantitative estimate of drug-likeness (QED) is 0.775. The first kappa shape index (κ1) is 9.66. The van der Waals surface area contributed by atoms with Gasteiger partial charge in [0.05, 0.1) is 0 Å². The largest absolute Gasteiger partial charge is 0.313 e. The molecule has 2 rings (SSSR count). The van der Waals surface area contributed by atoms with Crippen molar-refractivity contribution in [1.29, 1.82) is 0 Å². The fraction of sp³-hybridized carbons (Fsp3) is 0.500. The Morgan fingerprint density at radius 3 is 2.86 bits per heavy atom. The topological polar surface area (TPSA) is 12.0 Å². The van der Waals surface area contributed by atoms with Crippen molar-refractivity contribution >= 4 is 0 Å². The van der Waals surface area contributed by atoms with Crippen LogP contribution in [-0.2, 0) is 6.54 Å². The molecule has 0 unspecified atom stereocenters. The molecule has 0 amide bonds. The molecule has 76 valence electrons. The minimum Gasteiger partial charge on any atom is -0.313 e. The van der Waals surface area contributed by atoms with Gasteiger partial charge >= 0.3 is 0 Å². The van der Waals surface area contributed by atoms with Gasteiger partial charge in [0.15, 0.2) is 0 Å². The van der Waals surface area contributed by atoms with E-state index in [0.29, 0.717) is 5.92 Å². The average molecular weight is 193 g/mol. The molecule has 14 heavy (non-hydrogen) atoms. The lowest BCUT2D eigenvalue weighted by Crippen LogP contribution is -2.13. The summed E-state index contributed by atoms with van der Waals surface area (Å²) >= 11 is 0. The minimum absolute atomic E-state index is 0.104. The van der Waals surface area contributed by atoms with Crippen molar-refractivity contribution in [2.24, 2.45) is 0 Å². The van der Waals surface area contributed by atoms with Crippen molar-refractivity contribution in [3.63, 3.8) is 0 Å². The fourth-order valence-electron chi connectivity index (χ4n) is 1.76. The van der Waals surface area contributed by atoms with Crippen LogP contribution in [0.5, 0.6) is 0 Å². The summed E-state index contributed by atoms with van der Waals surface area (Å²) in [5.74, 6) is 0.520. The summed E-state index contributed by atoms with van der Waals surface area (Å²) in [6, 6.07) is 5.16. The van der Waals surface area contributed by atoms with Crippen LogP contribution in [0.2, 0.25) is 0 Å². The van der Waals surface area contributed by atoms with Gasteiger partial charge in [-0.3, -0.25) is 0 Å². The maximum absolute atomic E-state index is 13.0. The summed E-state index contributed by atoms with van der Waals surface area (Å²) in [5, 5.41) is 3.28. The predicted octanol–water partition coefficient (Wildman–Crippen LogP) is 2.81. The molecule has 0 bridgehead atoms. The third kappa shape index (κ3) is 2.13. The summed E-state index contributed by atoms with van der Waals surface area (Å²) in [4.78, 5) is 0. The van der Waals surface area contributed by atoms with Gasteiger partial charge in [-0.1, -0.05) is 13.0 Å². The monoisotopic (exact) mass is 193 g/mol. The van der Waals surface area contributed by atoms with Crippen molar-refractivity contribution in [1.82, 2.24) is 5.32 Å². The van der Waals surface area contributed by atoms with Crippen LogP contribution in [0, 0.1) is 5.82 Å². The van der Waals surface area contributed by atoms with Gasteiger partial charge < -0.3 is 5.32 Å². The maximum Gasteiger partial charge on any atom is 0.123 e. The van der Waals surface area contributed by atoms with Crippen LogP contribution in [0.15, 0.2) is 18.2 Å². The van der Waals surface area contributed by atoms with Gasteiger partial charge in [0.25, 0.3) is 0 Å². The number of halogens is 1. The highest BCUT2D eigenvalue weighted by atomic mass is 19.1. The lowest BCUT2D eigenvalue weighted by molar-refractivity contribution is 0.622. The lowest BCUT2D eigenvalue weighted by atomic mass is 10.0. The second kappa shape index (κ2) is 4.09. The first-order valence-corrected chi connectivity index (χ1v) is 5.30. The van der Waals surface area contributed by atoms with Gasteiger partial charge in [0, 0.05) is 6.54 Å². The van der Waals surface area contributed by atoms with E-state index in [0.717, 1.165) is 13.1 Å². The van der Waals surface area contributed by atoms with Crippen LogP contribution in [-0.4, -0.2) is 6.54 Å². The predicted molar refractivity (Wildman–Crippen MR) is 55.8 cm³/mol. The van der Waals surface area contributed by atoms with Gasteiger partial charge in [0.1, 0.15) is 5.82 Å². The van der Waals surface area contributed by atoms with E-state index in [9.17, 15) is 4.39 Å². The molecule has 0 aromatic heterocycles. The third-order valence-electron chi connectivity index (χ3n) is 2.69. The lowest BCUT2D eigenvalue weighted by Gasteiger charge is -2.08. The molecular weight excluding hydrogens is 177 g/mol. The highest BCUT2D eigenvalue weighted by Crippen LogP contribution is 2.41. The number of nitrogens with one attached hydrogen (secondary N) is 1. The van der Waals surface area contributed by atoms with Gasteiger partial charge in [-0.05, 0) is 48.6 Å². The van der Waals surface area contributed by atoms with Crippen LogP contribution in [0.4, 0.5) is 4.39 Å². The van der Waals surface area contributed by atoms with E-state index < -0.39 is 0 Å². The van der Waals surface area contributed by atoms with E-state index in [1.165, 1.54) is 24.0 Å². The molecule has 0 saturated heterocycles. The van der Waals surface area contributed by atoms with Gasteiger partial charge in [-0.15, -0.1) is 0 Å². The van der Waals surface area contributed by atoms with Crippen molar-refractivity contribution in [3.8, 4) is 0 Å². The molecule has 0 spiro atoms. The van der Waals surface area contributed by atoms with E-state index in [1.807, 2.05) is 6.07 Å². The molecule has 0 heterocycles. The third-order valence-corrected chi connectivity index (χ3v) is 2.69. The highest BCUT2D eigenvalue weighted by molar-refractivity contribution is 5.33. The Morgan fingerprint density at radius 2 is 2.21 bits per heavy atom. The number of benzene rings is 1. The molecule has 1 saturated carbocycles. The Morgan fingerprint density at radius 1 is 1.43 bits per heavy atom. The van der Waals surface area contributed by atoms with Crippen LogP contribution in [0.25, 0.3) is 0 Å². The molecule has 2 heteroatoms. The summed E-state index contributed by atoms with van der Waals surface area (Å²) in [5.41, 5.74) is 2.47. The summed E-state index contributed by atoms with van der Waals surface area (Å²) < 4.78 is 13.0. The highest BCUT2D eigenvalue weighted by Gasteiger charge is 2.26. The molecule has 1 aliphatic rings. The zero-order valence-electron chi connectivity index (χ0n) is 8.52. The zero-order valence-corrected chi connectivity index (χ0v) is 8.52. The van der Waals surface area contributed by atoms with E-state index in [1.54, 1.807) is 12.1 Å². The van der Waals surface area contributed by atoms with Crippen molar-refractivity contribution < 1.29 is 4.39 Å². The first-order chi connectivity index (χ1) is 6.81. The Kier molecular flexibility index (Phi) is 2.82. The Balaban J connectivity index is 2.19. The maximum atomic E-state index is 13.0. The SMILES string of the molecule is CCNCc1ccc(F)cc1C1CC1. The average Bonchev–Trinajstić information content (AvgIpc) is 2.99. The molecule has 1 nitrogen and oxygen atoms in total. The molecule has 0 atom stereocenters. The van der Waals surface area contributed by atoms with Gasteiger partial charge in [-0.2, -0.15) is 0 Å². The van der Waals surface area contributed by atoms with E-state index in [2.05, 4.69) is 12.2 Å². The van der Waals surface area contributed by atoms with Gasteiger partial charge in [0.2, 0.25) is 0 Å². The second-order valence-electron chi connectivity index (χ2n) is 3.90. The molecule has 1 aliphatic carbocycles. The Labute approximate surface area is 84.3 Å². The van der Waals surface area contributed by atoms with E-state index >= 15 is 0 Å². The van der Waals surface area contributed by atoms with Crippen molar-refractivity contribution in [2.45, 2.75) is 32.2 Å².